The lowest BCUT2D eigenvalue weighted by atomic mass is 10.0. The Kier molecular flexibility index (Phi) is 8.18. The Labute approximate surface area is 218 Å². The van der Waals surface area contributed by atoms with Gasteiger partial charge >= 0.3 is 0 Å². The Morgan fingerprint density at radius 2 is 1.92 bits per heavy atom. The first-order valence-electron chi connectivity index (χ1n) is 11.6. The summed E-state index contributed by atoms with van der Waals surface area (Å²) < 4.78 is 1.57. The van der Waals surface area contributed by atoms with E-state index in [2.05, 4.69) is 43.1 Å². The zero-order valence-electron chi connectivity index (χ0n) is 20.5. The first-order chi connectivity index (χ1) is 17.4. The van der Waals surface area contributed by atoms with Crippen molar-refractivity contribution in [2.24, 2.45) is 5.10 Å². The molecule has 0 radical (unpaired) electrons. The molecule has 2 aromatic heterocycles. The highest BCUT2D eigenvalue weighted by Crippen LogP contribution is 2.32. The van der Waals surface area contributed by atoms with Crippen LogP contribution in [0.25, 0.3) is 21.3 Å². The number of allylic oxidation sites excluding steroid dienone is 1. The van der Waals surface area contributed by atoms with E-state index in [0.717, 1.165) is 22.3 Å². The molecule has 36 heavy (non-hydrogen) atoms. The number of hydrogen-bond donors (Lipinski definition) is 1. The molecule has 0 aliphatic heterocycles. The van der Waals surface area contributed by atoms with E-state index >= 15 is 0 Å². The van der Waals surface area contributed by atoms with Gasteiger partial charge in [0.1, 0.15) is 4.83 Å². The van der Waals surface area contributed by atoms with Crippen LogP contribution in [0, 0.1) is 6.92 Å². The second-order valence-electron chi connectivity index (χ2n) is 8.70. The molecule has 0 atom stereocenters. The van der Waals surface area contributed by atoms with Crippen molar-refractivity contribution in [1.82, 2.24) is 15.0 Å². The second-order valence-corrected chi connectivity index (χ2v) is 10.5. The quantitative estimate of drug-likeness (QED) is 0.0975. The van der Waals surface area contributed by atoms with Gasteiger partial charge in [-0.05, 0) is 29.5 Å². The number of rotatable bonds is 9. The van der Waals surface area contributed by atoms with Gasteiger partial charge in [-0.3, -0.25) is 14.2 Å². The summed E-state index contributed by atoms with van der Waals surface area (Å²) in [4.78, 5) is 31.2. The molecule has 0 saturated carbocycles. The standard InChI is InChI=1S/C28H28N4O2S2/c1-5-14-32-27(34)25-23(22-10-6-19(4)7-11-22)16-35-26(25)30-28(32)36-17-24(33)31-29-15-20-8-12-21(13-9-20)18(2)3/h5-13,15-16,18H,1,14,17H2,2-4H3,(H,31,33)/b29-15+. The smallest absolute Gasteiger partial charge is 0.263 e. The van der Waals surface area contributed by atoms with E-state index in [0.29, 0.717) is 27.8 Å². The molecule has 4 aromatic rings. The first kappa shape index (κ1) is 25.6. The molecule has 1 amide bonds. The summed E-state index contributed by atoms with van der Waals surface area (Å²) in [5.41, 5.74) is 7.57. The van der Waals surface area contributed by atoms with E-state index < -0.39 is 0 Å². The maximum atomic E-state index is 13.4. The summed E-state index contributed by atoms with van der Waals surface area (Å²) in [7, 11) is 0. The number of hydrogen-bond acceptors (Lipinski definition) is 6. The van der Waals surface area contributed by atoms with Gasteiger partial charge in [-0.25, -0.2) is 10.4 Å². The SMILES string of the molecule is C=CCn1c(SCC(=O)N/N=C/c2ccc(C(C)C)cc2)nc2scc(-c3ccc(C)cc3)c2c1=O. The fraction of sp³-hybridized carbons (Fsp3) is 0.214. The van der Waals surface area contributed by atoms with Crippen molar-refractivity contribution in [3.05, 3.63) is 93.6 Å². The zero-order valence-corrected chi connectivity index (χ0v) is 22.2. The van der Waals surface area contributed by atoms with Crippen LogP contribution in [0.1, 0.15) is 36.5 Å². The maximum Gasteiger partial charge on any atom is 0.263 e. The topological polar surface area (TPSA) is 76.3 Å². The average Bonchev–Trinajstić information content (AvgIpc) is 3.29. The van der Waals surface area contributed by atoms with Gasteiger partial charge in [-0.1, -0.05) is 85.8 Å². The molecule has 0 saturated heterocycles. The molecule has 0 spiro atoms. The van der Waals surface area contributed by atoms with Crippen LogP contribution >= 0.6 is 23.1 Å². The minimum absolute atomic E-state index is 0.0783. The Balaban J connectivity index is 1.49. The number of thioether (sulfide) groups is 1. The minimum atomic E-state index is -0.277. The van der Waals surface area contributed by atoms with Crippen molar-refractivity contribution in [2.45, 2.75) is 38.4 Å². The molecule has 184 valence electrons. The normalized spacial score (nSPS) is 11.4. The Morgan fingerprint density at radius 1 is 1.19 bits per heavy atom. The predicted octanol–water partition coefficient (Wildman–Crippen LogP) is 5.99. The zero-order chi connectivity index (χ0) is 25.7. The van der Waals surface area contributed by atoms with Gasteiger partial charge in [0.15, 0.2) is 5.16 Å². The van der Waals surface area contributed by atoms with Crippen LogP contribution in [0.15, 0.2) is 81.6 Å². The molecular weight excluding hydrogens is 488 g/mol. The van der Waals surface area contributed by atoms with Crippen molar-refractivity contribution in [2.75, 3.05) is 5.75 Å². The summed E-state index contributed by atoms with van der Waals surface area (Å²) in [5.74, 6) is 0.262. The molecule has 2 heterocycles. The third-order valence-electron chi connectivity index (χ3n) is 5.67. The van der Waals surface area contributed by atoms with Gasteiger partial charge in [0.05, 0.1) is 17.4 Å². The number of amides is 1. The average molecular weight is 517 g/mol. The summed E-state index contributed by atoms with van der Waals surface area (Å²) >= 11 is 2.64. The van der Waals surface area contributed by atoms with Gasteiger partial charge < -0.3 is 0 Å². The van der Waals surface area contributed by atoms with Gasteiger partial charge in [-0.15, -0.1) is 17.9 Å². The van der Waals surface area contributed by atoms with Crippen molar-refractivity contribution < 1.29 is 4.79 Å². The molecule has 0 bridgehead atoms. The van der Waals surface area contributed by atoms with Crippen LogP contribution in [-0.2, 0) is 11.3 Å². The summed E-state index contributed by atoms with van der Waals surface area (Å²) in [6.07, 6.45) is 3.27. The van der Waals surface area contributed by atoms with E-state index in [4.69, 9.17) is 4.98 Å². The van der Waals surface area contributed by atoms with Crippen molar-refractivity contribution in [1.29, 1.82) is 0 Å². The molecule has 4 rings (SSSR count). The number of benzene rings is 2. The second kappa shape index (κ2) is 11.5. The Hall–Kier alpha value is -3.49. The van der Waals surface area contributed by atoms with Crippen LogP contribution in [0.3, 0.4) is 0 Å². The van der Waals surface area contributed by atoms with Crippen molar-refractivity contribution in [3.63, 3.8) is 0 Å². The predicted molar refractivity (Wildman–Crippen MR) is 151 cm³/mol. The van der Waals surface area contributed by atoms with E-state index in [1.807, 2.05) is 48.7 Å². The number of aryl methyl sites for hydroxylation is 1. The number of carbonyl (C=O) groups is 1. The molecule has 2 aromatic carbocycles. The van der Waals surface area contributed by atoms with Crippen LogP contribution < -0.4 is 11.0 Å². The third-order valence-corrected chi connectivity index (χ3v) is 7.52. The van der Waals surface area contributed by atoms with E-state index in [1.54, 1.807) is 16.9 Å². The number of nitrogens with one attached hydrogen (secondary N) is 1. The molecule has 1 N–H and O–H groups in total. The molecule has 6 nitrogen and oxygen atoms in total. The largest absolute Gasteiger partial charge is 0.283 e. The van der Waals surface area contributed by atoms with Crippen molar-refractivity contribution in [3.8, 4) is 11.1 Å². The molecule has 0 aliphatic rings. The number of nitrogens with zero attached hydrogens (tertiary/aromatic N) is 3. The number of carbonyl (C=O) groups excluding carboxylic acids is 1. The number of thiophene rings is 1. The maximum absolute atomic E-state index is 13.4. The first-order valence-corrected chi connectivity index (χ1v) is 13.5. The van der Waals surface area contributed by atoms with Crippen LogP contribution in [0.4, 0.5) is 0 Å². The van der Waals surface area contributed by atoms with Gasteiger partial charge in [0, 0.05) is 17.5 Å². The van der Waals surface area contributed by atoms with E-state index in [-0.39, 0.29) is 17.2 Å². The third kappa shape index (κ3) is 5.83. The Bertz CT molecular complexity index is 1470. The van der Waals surface area contributed by atoms with Crippen LogP contribution in [0.2, 0.25) is 0 Å². The summed E-state index contributed by atoms with van der Waals surface area (Å²) in [5, 5.41) is 7.09. The molecule has 0 unspecified atom stereocenters. The molecular formula is C28H28N4O2S2. The lowest BCUT2D eigenvalue weighted by Gasteiger charge is -2.10. The Morgan fingerprint density at radius 3 is 2.58 bits per heavy atom. The fourth-order valence-corrected chi connectivity index (χ4v) is 5.45. The monoisotopic (exact) mass is 516 g/mol. The van der Waals surface area contributed by atoms with Gasteiger partial charge in [0.2, 0.25) is 0 Å². The number of aromatic nitrogens is 2. The molecule has 0 aliphatic carbocycles. The fourth-order valence-electron chi connectivity index (χ4n) is 3.66. The summed E-state index contributed by atoms with van der Waals surface area (Å²) in [6, 6.07) is 16.1. The summed E-state index contributed by atoms with van der Waals surface area (Å²) in [6.45, 7) is 10.4. The van der Waals surface area contributed by atoms with Crippen LogP contribution in [-0.4, -0.2) is 27.4 Å². The molecule has 8 heteroatoms. The van der Waals surface area contributed by atoms with Gasteiger partial charge in [0.25, 0.3) is 11.5 Å². The van der Waals surface area contributed by atoms with Crippen molar-refractivity contribution >= 4 is 45.4 Å². The highest BCUT2D eigenvalue weighted by Gasteiger charge is 2.17. The van der Waals surface area contributed by atoms with Crippen LogP contribution in [0.5, 0.6) is 0 Å². The van der Waals surface area contributed by atoms with Gasteiger partial charge in [-0.2, -0.15) is 5.10 Å². The lowest BCUT2D eigenvalue weighted by Crippen LogP contribution is -2.24. The highest BCUT2D eigenvalue weighted by molar-refractivity contribution is 7.99. The van der Waals surface area contributed by atoms with E-state index in [9.17, 15) is 9.59 Å². The number of hydrazone groups is 1. The van der Waals surface area contributed by atoms with E-state index in [1.165, 1.54) is 28.7 Å². The minimum Gasteiger partial charge on any atom is -0.283 e. The molecule has 0 fully saturated rings. The highest BCUT2D eigenvalue weighted by atomic mass is 32.2. The number of fused-ring (bicyclic) bond motifs is 1. The lowest BCUT2D eigenvalue weighted by molar-refractivity contribution is -0.118.